The van der Waals surface area contributed by atoms with E-state index in [-0.39, 0.29) is 0 Å². The van der Waals surface area contributed by atoms with Crippen LogP contribution in [-0.4, -0.2) is 10.2 Å². The lowest BCUT2D eigenvalue weighted by Gasteiger charge is -2.10. The summed E-state index contributed by atoms with van der Waals surface area (Å²) in [7, 11) is 0. The van der Waals surface area contributed by atoms with Crippen LogP contribution < -0.4 is 0 Å². The zero-order valence-corrected chi connectivity index (χ0v) is 28.6. The fourth-order valence-electron chi connectivity index (χ4n) is 5.50. The molecule has 0 amide bonds. The summed E-state index contributed by atoms with van der Waals surface area (Å²) >= 11 is 0. The molecule has 0 spiro atoms. The van der Waals surface area contributed by atoms with Gasteiger partial charge in [-0.25, -0.2) is 0 Å². The molecule has 246 valence electrons. The van der Waals surface area contributed by atoms with Gasteiger partial charge in [0.2, 0.25) is 0 Å². The van der Waals surface area contributed by atoms with Crippen LogP contribution in [0.4, 0.5) is 0 Å². The molecule has 0 radical (unpaired) electrons. The van der Waals surface area contributed by atoms with E-state index in [1.54, 1.807) is 0 Å². The van der Waals surface area contributed by atoms with Crippen molar-refractivity contribution in [3.05, 3.63) is 166 Å². The predicted octanol–water partition coefficient (Wildman–Crippen LogP) is 12.9. The van der Waals surface area contributed by atoms with Gasteiger partial charge < -0.3 is 10.2 Å². The molecule has 0 fully saturated rings. The lowest BCUT2D eigenvalue weighted by atomic mass is 9.98. The monoisotopic (exact) mass is 634 g/mol. The van der Waals surface area contributed by atoms with Gasteiger partial charge in [-0.05, 0) is 59.7 Å². The van der Waals surface area contributed by atoms with Crippen molar-refractivity contribution < 1.29 is 10.2 Å². The number of rotatable bonds is 14. The first-order valence-corrected chi connectivity index (χ1v) is 17.4. The first-order valence-electron chi connectivity index (χ1n) is 17.4. The first-order chi connectivity index (χ1) is 23.5. The number of hydrogen-bond donors (Lipinski definition) is 2. The zero-order chi connectivity index (χ0) is 33.8. The average Bonchev–Trinajstić information content (AvgIpc) is 3.13. The number of phenolic OH excluding ortho intramolecular Hbond substituents is 2. The van der Waals surface area contributed by atoms with Gasteiger partial charge in [0.1, 0.15) is 11.5 Å². The van der Waals surface area contributed by atoms with E-state index >= 15 is 0 Å². The molecular weight excluding hydrogens is 585 g/mol. The summed E-state index contributed by atoms with van der Waals surface area (Å²) in [5.41, 5.74) is 8.18. The Kier molecular flexibility index (Phi) is 15.1. The van der Waals surface area contributed by atoms with Crippen molar-refractivity contribution in [1.29, 1.82) is 0 Å². The van der Waals surface area contributed by atoms with Gasteiger partial charge in [-0.2, -0.15) is 0 Å². The summed E-state index contributed by atoms with van der Waals surface area (Å²) in [6.45, 7) is 4.16. The van der Waals surface area contributed by atoms with Crippen molar-refractivity contribution in [2.75, 3.05) is 0 Å². The highest BCUT2D eigenvalue weighted by atomic mass is 16.3. The number of para-hydroxylation sites is 1. The summed E-state index contributed by atoms with van der Waals surface area (Å²) in [6, 6.07) is 40.5. The number of unbranched alkanes of at least 4 members (excludes halogenated alkanes) is 6. The van der Waals surface area contributed by atoms with E-state index in [2.05, 4.69) is 55.5 Å². The number of phenols is 2. The molecule has 0 saturated carbocycles. The Hall–Kier alpha value is -5.08. The van der Waals surface area contributed by atoms with E-state index < -0.39 is 0 Å². The molecule has 0 atom stereocenters. The van der Waals surface area contributed by atoms with Gasteiger partial charge in [-0.3, -0.25) is 0 Å². The standard InChI is InChI=1S/C31H36O.C15H14O/c1-2-3-4-5-6-7-10-19-28-24-29(22-20-26-15-11-8-12-16-26)31(32)30(25-28)23-21-27-17-13-9-14-18-27;1-12-6-5-9-14(15(12)16)11-10-13-7-3-2-4-8-13/h8-9,11-18,20-25,32H,2-7,10,19H2,1H3;2-11,16H,1H3. The van der Waals surface area contributed by atoms with Crippen LogP contribution in [0, 0.1) is 6.92 Å². The van der Waals surface area contributed by atoms with Crippen LogP contribution in [0.1, 0.15) is 96.4 Å². The average molecular weight is 635 g/mol. The van der Waals surface area contributed by atoms with E-state index in [9.17, 15) is 10.2 Å². The van der Waals surface area contributed by atoms with Crippen LogP contribution in [-0.2, 0) is 6.42 Å². The van der Waals surface area contributed by atoms with Crippen LogP contribution in [0.2, 0.25) is 0 Å². The minimum atomic E-state index is 0.340. The zero-order valence-electron chi connectivity index (χ0n) is 28.6. The van der Waals surface area contributed by atoms with Gasteiger partial charge in [-0.15, -0.1) is 0 Å². The molecule has 0 aliphatic heterocycles. The van der Waals surface area contributed by atoms with E-state index in [1.165, 1.54) is 50.5 Å². The minimum Gasteiger partial charge on any atom is -0.507 e. The number of aryl methyl sites for hydroxylation is 2. The molecule has 5 aromatic carbocycles. The second-order valence-corrected chi connectivity index (χ2v) is 12.2. The van der Waals surface area contributed by atoms with Crippen molar-refractivity contribution in [1.82, 2.24) is 0 Å². The maximum atomic E-state index is 11.0. The minimum absolute atomic E-state index is 0.340. The Balaban J connectivity index is 0.000000271. The maximum absolute atomic E-state index is 11.0. The quantitative estimate of drug-likeness (QED) is 0.0942. The Morgan fingerprint density at radius 3 is 1.35 bits per heavy atom. The molecule has 2 heteroatoms. The summed E-state index contributed by atoms with van der Waals surface area (Å²) in [5.74, 6) is 0.697. The fraction of sp³-hybridized carbons (Fsp3) is 0.217. The van der Waals surface area contributed by atoms with Gasteiger partial charge in [0, 0.05) is 16.7 Å². The van der Waals surface area contributed by atoms with E-state index in [4.69, 9.17) is 0 Å². The summed E-state index contributed by atoms with van der Waals surface area (Å²) in [6.07, 6.45) is 22.3. The van der Waals surface area contributed by atoms with E-state index in [0.29, 0.717) is 11.5 Å². The first kappa shape index (κ1) is 35.8. The molecule has 0 aromatic heterocycles. The largest absolute Gasteiger partial charge is 0.507 e. The number of aromatic hydroxyl groups is 2. The molecule has 2 nitrogen and oxygen atoms in total. The molecule has 0 heterocycles. The molecule has 5 rings (SSSR count). The molecular formula is C46H50O2. The van der Waals surface area contributed by atoms with Crippen molar-refractivity contribution in [3.63, 3.8) is 0 Å². The SMILES string of the molecule is CCCCCCCCCc1cc(C=Cc2ccccc2)c(O)c(C=Cc2ccccc2)c1.Cc1cccc(C=Cc2ccccc2)c1O. The van der Waals surface area contributed by atoms with Crippen LogP contribution >= 0.6 is 0 Å². The smallest absolute Gasteiger partial charge is 0.130 e. The molecule has 2 N–H and O–H groups in total. The fourth-order valence-corrected chi connectivity index (χ4v) is 5.50. The number of hydrogen-bond acceptors (Lipinski definition) is 2. The van der Waals surface area contributed by atoms with Crippen LogP contribution in [0.25, 0.3) is 36.5 Å². The molecule has 0 aliphatic carbocycles. The lowest BCUT2D eigenvalue weighted by Crippen LogP contribution is -1.91. The van der Waals surface area contributed by atoms with Crippen LogP contribution in [0.15, 0.2) is 121 Å². The van der Waals surface area contributed by atoms with Gasteiger partial charge >= 0.3 is 0 Å². The third kappa shape index (κ3) is 12.3. The Morgan fingerprint density at radius 2 is 0.875 bits per heavy atom. The van der Waals surface area contributed by atoms with Gasteiger partial charge in [-0.1, -0.05) is 191 Å². The molecule has 0 unspecified atom stereocenters. The Morgan fingerprint density at radius 1 is 0.438 bits per heavy atom. The second-order valence-electron chi connectivity index (χ2n) is 12.2. The highest BCUT2D eigenvalue weighted by molar-refractivity contribution is 5.79. The Labute approximate surface area is 288 Å². The predicted molar refractivity (Wildman–Crippen MR) is 209 cm³/mol. The normalized spacial score (nSPS) is 11.3. The summed E-state index contributed by atoms with van der Waals surface area (Å²) in [5, 5.41) is 20.8. The topological polar surface area (TPSA) is 40.5 Å². The highest BCUT2D eigenvalue weighted by Crippen LogP contribution is 2.29. The highest BCUT2D eigenvalue weighted by Gasteiger charge is 2.07. The third-order valence-corrected chi connectivity index (χ3v) is 8.33. The number of benzene rings is 5. The Bertz CT molecular complexity index is 1660. The second kappa shape index (κ2) is 20.2. The van der Waals surface area contributed by atoms with Crippen LogP contribution in [0.3, 0.4) is 0 Å². The van der Waals surface area contributed by atoms with E-state index in [0.717, 1.165) is 45.4 Å². The maximum Gasteiger partial charge on any atom is 0.130 e. The van der Waals surface area contributed by atoms with E-state index in [1.807, 2.05) is 116 Å². The van der Waals surface area contributed by atoms with Gasteiger partial charge in [0.15, 0.2) is 0 Å². The van der Waals surface area contributed by atoms with Crippen molar-refractivity contribution >= 4 is 36.5 Å². The van der Waals surface area contributed by atoms with Crippen molar-refractivity contribution in [2.24, 2.45) is 0 Å². The molecule has 48 heavy (non-hydrogen) atoms. The lowest BCUT2D eigenvalue weighted by molar-refractivity contribution is 0.470. The summed E-state index contributed by atoms with van der Waals surface area (Å²) in [4.78, 5) is 0. The molecule has 0 aliphatic rings. The van der Waals surface area contributed by atoms with Gasteiger partial charge in [0.25, 0.3) is 0 Å². The van der Waals surface area contributed by atoms with Crippen molar-refractivity contribution in [3.8, 4) is 11.5 Å². The molecule has 5 aromatic rings. The van der Waals surface area contributed by atoms with Gasteiger partial charge in [0.05, 0.1) is 0 Å². The van der Waals surface area contributed by atoms with Crippen LogP contribution in [0.5, 0.6) is 11.5 Å². The third-order valence-electron chi connectivity index (χ3n) is 8.33. The molecule has 0 saturated heterocycles. The molecule has 0 bridgehead atoms. The van der Waals surface area contributed by atoms with Crippen molar-refractivity contribution in [2.45, 2.75) is 65.2 Å². The summed E-state index contributed by atoms with van der Waals surface area (Å²) < 4.78 is 0.